The predicted octanol–water partition coefficient (Wildman–Crippen LogP) is 6.85. The van der Waals surface area contributed by atoms with Crippen LogP contribution in [-0.4, -0.2) is 14.5 Å². The summed E-state index contributed by atoms with van der Waals surface area (Å²) in [5.41, 5.74) is 4.95. The molecule has 0 amide bonds. The van der Waals surface area contributed by atoms with Gasteiger partial charge < -0.3 is 4.57 Å². The topological polar surface area (TPSA) is 30.7 Å². The van der Waals surface area contributed by atoms with E-state index in [0.29, 0.717) is 6.04 Å². The number of benzene rings is 2. The van der Waals surface area contributed by atoms with Crippen LogP contribution in [0.2, 0.25) is 0 Å². The third-order valence-electron chi connectivity index (χ3n) is 5.17. The molecule has 1 fully saturated rings. The molecule has 1 aliphatic carbocycles. The molecule has 3 nitrogen and oxygen atoms in total. The number of nitrogens with zero attached hydrogens (tertiary/aromatic N) is 3. The van der Waals surface area contributed by atoms with Crippen LogP contribution in [0.25, 0.3) is 27.4 Å². The fraction of sp³-hybridized carbons (Fsp3) is 0.120. The van der Waals surface area contributed by atoms with Crippen LogP contribution in [0.4, 0.5) is 4.39 Å². The molecule has 2 heterocycles. The van der Waals surface area contributed by atoms with Crippen LogP contribution < -0.4 is 0 Å². The lowest BCUT2D eigenvalue weighted by Crippen LogP contribution is -1.99. The SMILES string of the molecule is C=C(Sc1nc(-c2ccc(F)cc2)c(-c2ccncc2)n1C1CC1)c1ccccc1. The molecule has 1 aliphatic rings. The fourth-order valence-corrected chi connectivity index (χ4v) is 4.49. The summed E-state index contributed by atoms with van der Waals surface area (Å²) in [5.74, 6) is -0.252. The first kappa shape index (κ1) is 18.8. The molecule has 2 aromatic carbocycles. The van der Waals surface area contributed by atoms with Crippen molar-refractivity contribution in [2.75, 3.05) is 0 Å². The monoisotopic (exact) mass is 413 g/mol. The molecule has 148 valence electrons. The highest BCUT2D eigenvalue weighted by Gasteiger charge is 2.32. The van der Waals surface area contributed by atoms with Crippen molar-refractivity contribution in [1.29, 1.82) is 0 Å². The van der Waals surface area contributed by atoms with Crippen molar-refractivity contribution in [2.45, 2.75) is 24.0 Å². The van der Waals surface area contributed by atoms with Crippen molar-refractivity contribution in [3.63, 3.8) is 0 Å². The van der Waals surface area contributed by atoms with E-state index in [1.54, 1.807) is 36.3 Å². The first-order chi connectivity index (χ1) is 14.7. The Labute approximate surface area is 179 Å². The lowest BCUT2D eigenvalue weighted by molar-refractivity contribution is 0.628. The Morgan fingerprint density at radius 3 is 2.30 bits per heavy atom. The molecule has 0 saturated heterocycles. The third-order valence-corrected chi connectivity index (χ3v) is 6.13. The summed E-state index contributed by atoms with van der Waals surface area (Å²) >= 11 is 1.59. The summed E-state index contributed by atoms with van der Waals surface area (Å²) in [4.78, 5) is 10.2. The van der Waals surface area contributed by atoms with Crippen molar-refractivity contribution < 1.29 is 4.39 Å². The lowest BCUT2D eigenvalue weighted by Gasteiger charge is -2.12. The second-order valence-corrected chi connectivity index (χ2v) is 8.39. The quantitative estimate of drug-likeness (QED) is 0.324. The molecule has 2 aromatic heterocycles. The van der Waals surface area contributed by atoms with Gasteiger partial charge in [0.1, 0.15) is 5.82 Å². The van der Waals surface area contributed by atoms with Crippen molar-refractivity contribution in [1.82, 2.24) is 14.5 Å². The van der Waals surface area contributed by atoms with E-state index in [1.807, 2.05) is 30.3 Å². The first-order valence-corrected chi connectivity index (χ1v) is 10.7. The molecule has 1 saturated carbocycles. The van der Waals surface area contributed by atoms with Gasteiger partial charge in [0.15, 0.2) is 5.16 Å². The molecule has 0 unspecified atom stereocenters. The average molecular weight is 414 g/mol. The molecule has 0 aliphatic heterocycles. The molecule has 5 heteroatoms. The normalized spacial score (nSPS) is 13.4. The van der Waals surface area contributed by atoms with E-state index < -0.39 is 0 Å². The van der Waals surface area contributed by atoms with Crippen LogP contribution in [0.15, 0.2) is 90.9 Å². The summed E-state index contributed by atoms with van der Waals surface area (Å²) in [5, 5.41) is 0.914. The number of imidazole rings is 1. The summed E-state index contributed by atoms with van der Waals surface area (Å²) in [6.07, 6.45) is 5.85. The van der Waals surface area contributed by atoms with E-state index in [1.165, 1.54) is 12.1 Å². The minimum absolute atomic E-state index is 0.252. The van der Waals surface area contributed by atoms with E-state index in [2.05, 4.69) is 28.3 Å². The number of thioether (sulfide) groups is 1. The van der Waals surface area contributed by atoms with Gasteiger partial charge in [0.05, 0.1) is 11.4 Å². The minimum atomic E-state index is -0.252. The summed E-state index contributed by atoms with van der Waals surface area (Å²) in [7, 11) is 0. The van der Waals surface area contributed by atoms with Crippen LogP contribution >= 0.6 is 11.8 Å². The number of aromatic nitrogens is 3. The third kappa shape index (κ3) is 3.68. The summed E-state index contributed by atoms with van der Waals surface area (Å²) < 4.78 is 15.9. The van der Waals surface area contributed by atoms with Crippen molar-refractivity contribution >= 4 is 16.7 Å². The van der Waals surface area contributed by atoms with E-state index in [9.17, 15) is 4.39 Å². The molecule has 0 bridgehead atoms. The Kier molecular flexibility index (Phi) is 4.97. The van der Waals surface area contributed by atoms with Gasteiger partial charge in [-0.25, -0.2) is 9.37 Å². The number of halogens is 1. The Bertz CT molecular complexity index is 1180. The van der Waals surface area contributed by atoms with Gasteiger partial charge in [-0.05, 0) is 54.8 Å². The predicted molar refractivity (Wildman–Crippen MR) is 120 cm³/mol. The van der Waals surface area contributed by atoms with Gasteiger partial charge in [0, 0.05) is 34.5 Å². The second kappa shape index (κ2) is 7.92. The van der Waals surface area contributed by atoms with E-state index in [4.69, 9.17) is 4.98 Å². The first-order valence-electron chi connectivity index (χ1n) is 9.91. The largest absolute Gasteiger partial charge is 0.315 e. The van der Waals surface area contributed by atoms with Crippen LogP contribution in [0.3, 0.4) is 0 Å². The maximum atomic E-state index is 13.6. The van der Waals surface area contributed by atoms with Gasteiger partial charge in [-0.3, -0.25) is 4.98 Å². The minimum Gasteiger partial charge on any atom is -0.315 e. The molecule has 0 N–H and O–H groups in total. The second-order valence-electron chi connectivity index (χ2n) is 7.33. The van der Waals surface area contributed by atoms with Gasteiger partial charge >= 0.3 is 0 Å². The van der Waals surface area contributed by atoms with Crippen LogP contribution in [0, 0.1) is 5.82 Å². The molecule has 30 heavy (non-hydrogen) atoms. The zero-order valence-electron chi connectivity index (χ0n) is 16.3. The van der Waals surface area contributed by atoms with E-state index in [0.717, 1.165) is 51.0 Å². The van der Waals surface area contributed by atoms with Gasteiger partial charge in [0.2, 0.25) is 0 Å². The zero-order chi connectivity index (χ0) is 20.5. The highest BCUT2D eigenvalue weighted by atomic mass is 32.2. The highest BCUT2D eigenvalue weighted by molar-refractivity contribution is 8.08. The summed E-state index contributed by atoms with van der Waals surface area (Å²) in [6.45, 7) is 4.29. The number of pyridine rings is 1. The van der Waals surface area contributed by atoms with Gasteiger partial charge in [-0.2, -0.15) is 0 Å². The number of rotatable bonds is 6. The molecular weight excluding hydrogens is 393 g/mol. The standard InChI is InChI=1S/C25H20FN3S/c1-17(18-5-3-2-4-6-18)30-25-28-23(19-7-9-21(26)10-8-19)24(29(25)22-11-12-22)20-13-15-27-16-14-20/h2-10,13-16,22H,1,11-12H2. The van der Waals surface area contributed by atoms with Gasteiger partial charge in [-0.1, -0.05) is 48.7 Å². The zero-order valence-corrected chi connectivity index (χ0v) is 17.1. The summed E-state index contributed by atoms with van der Waals surface area (Å²) in [6, 6.07) is 21.1. The van der Waals surface area contributed by atoms with Crippen LogP contribution in [0.1, 0.15) is 24.4 Å². The smallest absolute Gasteiger partial charge is 0.174 e. The highest BCUT2D eigenvalue weighted by Crippen LogP contribution is 2.47. The number of hydrogen-bond donors (Lipinski definition) is 0. The van der Waals surface area contributed by atoms with Crippen LogP contribution in [0.5, 0.6) is 0 Å². The Morgan fingerprint density at radius 2 is 1.63 bits per heavy atom. The van der Waals surface area contributed by atoms with Gasteiger partial charge in [0.25, 0.3) is 0 Å². The molecular formula is C25H20FN3S. The molecule has 5 rings (SSSR count). The fourth-order valence-electron chi connectivity index (χ4n) is 3.54. The molecule has 0 atom stereocenters. The Balaban J connectivity index is 1.66. The Hall–Kier alpha value is -3.18. The van der Waals surface area contributed by atoms with Crippen molar-refractivity contribution in [3.8, 4) is 22.5 Å². The van der Waals surface area contributed by atoms with Gasteiger partial charge in [-0.15, -0.1) is 0 Å². The van der Waals surface area contributed by atoms with Crippen molar-refractivity contribution in [2.24, 2.45) is 0 Å². The van der Waals surface area contributed by atoms with E-state index in [-0.39, 0.29) is 5.82 Å². The van der Waals surface area contributed by atoms with Crippen molar-refractivity contribution in [3.05, 3.63) is 97.1 Å². The molecule has 4 aromatic rings. The maximum Gasteiger partial charge on any atom is 0.174 e. The Morgan fingerprint density at radius 1 is 0.933 bits per heavy atom. The molecule has 0 spiro atoms. The number of hydrogen-bond acceptors (Lipinski definition) is 3. The molecule has 0 radical (unpaired) electrons. The average Bonchev–Trinajstić information content (AvgIpc) is 3.56. The van der Waals surface area contributed by atoms with E-state index >= 15 is 0 Å². The lowest BCUT2D eigenvalue weighted by atomic mass is 10.1. The maximum absolute atomic E-state index is 13.6. The van der Waals surface area contributed by atoms with Crippen LogP contribution in [-0.2, 0) is 0 Å².